The fourth-order valence-corrected chi connectivity index (χ4v) is 3.28. The van der Waals surface area contributed by atoms with Crippen LogP contribution in [0.15, 0.2) is 40.4 Å². The van der Waals surface area contributed by atoms with Gasteiger partial charge in [0.25, 0.3) is 0 Å². The van der Waals surface area contributed by atoms with E-state index >= 15 is 0 Å². The van der Waals surface area contributed by atoms with Crippen molar-refractivity contribution in [1.82, 2.24) is 15.3 Å². The van der Waals surface area contributed by atoms with Gasteiger partial charge in [-0.3, -0.25) is 4.79 Å². The number of amides is 1. The lowest BCUT2D eigenvalue weighted by molar-refractivity contribution is -0.120. The lowest BCUT2D eigenvalue weighted by atomic mass is 10.2. The van der Waals surface area contributed by atoms with Gasteiger partial charge >= 0.3 is 0 Å². The first-order valence-electron chi connectivity index (χ1n) is 7.82. The van der Waals surface area contributed by atoms with Crippen LogP contribution in [0.3, 0.4) is 0 Å². The summed E-state index contributed by atoms with van der Waals surface area (Å²) in [4.78, 5) is 22.0. The smallest absolute Gasteiger partial charge is 0.243 e. The number of ether oxygens (including phenoxy) is 1. The minimum atomic E-state index is -0.295. The van der Waals surface area contributed by atoms with Gasteiger partial charge in [0.15, 0.2) is 5.16 Å². The van der Waals surface area contributed by atoms with Gasteiger partial charge in [0.1, 0.15) is 6.04 Å². The highest BCUT2D eigenvalue weighted by Crippen LogP contribution is 2.26. The molecule has 1 atom stereocenters. The van der Waals surface area contributed by atoms with Crippen LogP contribution in [0.1, 0.15) is 11.4 Å². The summed E-state index contributed by atoms with van der Waals surface area (Å²) in [6.45, 7) is 5.67. The van der Waals surface area contributed by atoms with Crippen LogP contribution < -0.4 is 10.6 Å². The molecule has 1 amide bonds. The molecule has 126 valence electrons. The third-order valence-corrected chi connectivity index (χ3v) is 4.40. The molecule has 2 heterocycles. The Morgan fingerprint density at radius 3 is 2.58 bits per heavy atom. The molecule has 24 heavy (non-hydrogen) atoms. The van der Waals surface area contributed by atoms with E-state index in [0.717, 1.165) is 27.1 Å². The maximum Gasteiger partial charge on any atom is 0.243 e. The molecule has 1 unspecified atom stereocenters. The summed E-state index contributed by atoms with van der Waals surface area (Å²) in [5.41, 5.74) is 2.67. The molecule has 7 heteroatoms. The molecule has 0 bridgehead atoms. The van der Waals surface area contributed by atoms with Crippen molar-refractivity contribution in [2.75, 3.05) is 25.1 Å². The van der Waals surface area contributed by atoms with Crippen LogP contribution in [0.2, 0.25) is 0 Å². The van der Waals surface area contributed by atoms with E-state index in [0.29, 0.717) is 19.8 Å². The second-order valence-electron chi connectivity index (χ2n) is 5.63. The van der Waals surface area contributed by atoms with Gasteiger partial charge < -0.3 is 15.4 Å². The SMILES string of the molecule is Cc1cc(C)nc(Sc2ccc(NC(=O)C3COCCN3)cc2)n1. The molecule has 3 rings (SSSR count). The van der Waals surface area contributed by atoms with Crippen LogP contribution in [-0.4, -0.2) is 41.7 Å². The largest absolute Gasteiger partial charge is 0.378 e. The number of nitrogens with zero attached hydrogens (tertiary/aromatic N) is 2. The molecule has 1 saturated heterocycles. The zero-order valence-electron chi connectivity index (χ0n) is 13.7. The number of hydrogen-bond donors (Lipinski definition) is 2. The van der Waals surface area contributed by atoms with Crippen LogP contribution in [0.25, 0.3) is 0 Å². The first-order valence-corrected chi connectivity index (χ1v) is 8.64. The van der Waals surface area contributed by atoms with Gasteiger partial charge in [-0.25, -0.2) is 9.97 Å². The molecule has 0 spiro atoms. The van der Waals surface area contributed by atoms with Gasteiger partial charge in [0, 0.05) is 28.5 Å². The third kappa shape index (κ3) is 4.53. The summed E-state index contributed by atoms with van der Waals surface area (Å²) in [7, 11) is 0. The Labute approximate surface area is 145 Å². The summed E-state index contributed by atoms with van der Waals surface area (Å²) < 4.78 is 5.31. The number of anilines is 1. The van der Waals surface area contributed by atoms with Crippen LogP contribution >= 0.6 is 11.8 Å². The minimum Gasteiger partial charge on any atom is -0.378 e. The van der Waals surface area contributed by atoms with E-state index in [1.54, 1.807) is 0 Å². The van der Waals surface area contributed by atoms with Crippen molar-refractivity contribution in [3.63, 3.8) is 0 Å². The number of nitrogens with one attached hydrogen (secondary N) is 2. The average Bonchev–Trinajstić information content (AvgIpc) is 2.56. The molecule has 0 radical (unpaired) electrons. The van der Waals surface area contributed by atoms with E-state index in [1.807, 2.05) is 44.2 Å². The molecular formula is C17H20N4O2S. The summed E-state index contributed by atoms with van der Waals surface area (Å²) in [5, 5.41) is 6.76. The molecule has 1 aromatic heterocycles. The number of benzene rings is 1. The molecular weight excluding hydrogens is 324 g/mol. The number of morpholine rings is 1. The summed E-state index contributed by atoms with van der Waals surface area (Å²) in [6.07, 6.45) is 0. The van der Waals surface area contributed by atoms with Crippen molar-refractivity contribution < 1.29 is 9.53 Å². The number of rotatable bonds is 4. The Morgan fingerprint density at radius 2 is 1.96 bits per heavy atom. The van der Waals surface area contributed by atoms with Gasteiger partial charge in [-0.1, -0.05) is 0 Å². The maximum absolute atomic E-state index is 12.1. The highest BCUT2D eigenvalue weighted by Gasteiger charge is 2.21. The number of carbonyl (C=O) groups excluding carboxylic acids is 1. The van der Waals surface area contributed by atoms with E-state index in [1.165, 1.54) is 11.8 Å². The number of aromatic nitrogens is 2. The average molecular weight is 344 g/mol. The third-order valence-electron chi connectivity index (χ3n) is 3.53. The van der Waals surface area contributed by atoms with Gasteiger partial charge in [-0.15, -0.1) is 0 Å². The molecule has 0 aliphatic carbocycles. The predicted molar refractivity (Wildman–Crippen MR) is 93.3 cm³/mol. The van der Waals surface area contributed by atoms with E-state index in [9.17, 15) is 4.79 Å². The van der Waals surface area contributed by atoms with Crippen molar-refractivity contribution in [1.29, 1.82) is 0 Å². The number of hydrogen-bond acceptors (Lipinski definition) is 6. The highest BCUT2D eigenvalue weighted by atomic mass is 32.2. The van der Waals surface area contributed by atoms with E-state index in [-0.39, 0.29) is 11.9 Å². The van der Waals surface area contributed by atoms with Crippen LogP contribution in [0.4, 0.5) is 5.69 Å². The van der Waals surface area contributed by atoms with Crippen LogP contribution in [-0.2, 0) is 9.53 Å². The molecule has 1 aliphatic rings. The summed E-state index contributed by atoms with van der Waals surface area (Å²) in [5.74, 6) is -0.0762. The van der Waals surface area contributed by atoms with E-state index in [2.05, 4.69) is 20.6 Å². The van der Waals surface area contributed by atoms with E-state index < -0.39 is 0 Å². The molecule has 2 aromatic rings. The predicted octanol–water partition coefficient (Wildman–Crippen LogP) is 2.17. The van der Waals surface area contributed by atoms with Crippen LogP contribution in [0.5, 0.6) is 0 Å². The van der Waals surface area contributed by atoms with Gasteiger partial charge in [-0.05, 0) is 55.9 Å². The zero-order valence-corrected chi connectivity index (χ0v) is 14.5. The molecule has 0 saturated carbocycles. The fourth-order valence-electron chi connectivity index (χ4n) is 2.41. The molecule has 1 fully saturated rings. The standard InChI is InChI=1S/C17H20N4O2S/c1-11-9-12(2)20-17(19-11)24-14-5-3-13(4-6-14)21-16(22)15-10-23-8-7-18-15/h3-6,9,15,18H,7-8,10H2,1-2H3,(H,21,22). The molecule has 1 aliphatic heterocycles. The lowest BCUT2D eigenvalue weighted by Gasteiger charge is -2.22. The minimum absolute atomic E-state index is 0.0762. The Kier molecular flexibility index (Phi) is 5.44. The number of carbonyl (C=O) groups is 1. The Balaban J connectivity index is 1.61. The Hall–Kier alpha value is -1.96. The normalized spacial score (nSPS) is 17.5. The first kappa shape index (κ1) is 16.9. The fraction of sp³-hybridized carbons (Fsp3) is 0.353. The summed E-state index contributed by atoms with van der Waals surface area (Å²) in [6, 6.07) is 9.32. The van der Waals surface area contributed by atoms with Crippen molar-refractivity contribution in [2.24, 2.45) is 0 Å². The maximum atomic E-state index is 12.1. The second kappa shape index (κ2) is 7.74. The van der Waals surface area contributed by atoms with Gasteiger partial charge in [0.2, 0.25) is 5.91 Å². The summed E-state index contributed by atoms with van der Waals surface area (Å²) >= 11 is 1.50. The quantitative estimate of drug-likeness (QED) is 0.828. The van der Waals surface area contributed by atoms with Gasteiger partial charge in [-0.2, -0.15) is 0 Å². The highest BCUT2D eigenvalue weighted by molar-refractivity contribution is 7.99. The topological polar surface area (TPSA) is 76.1 Å². The first-order chi connectivity index (χ1) is 11.6. The Bertz CT molecular complexity index is 695. The van der Waals surface area contributed by atoms with Crippen molar-refractivity contribution in [3.05, 3.63) is 41.7 Å². The molecule has 6 nitrogen and oxygen atoms in total. The second-order valence-corrected chi connectivity index (χ2v) is 6.67. The van der Waals surface area contributed by atoms with Crippen LogP contribution in [0, 0.1) is 13.8 Å². The van der Waals surface area contributed by atoms with E-state index in [4.69, 9.17) is 4.74 Å². The van der Waals surface area contributed by atoms with Crippen molar-refractivity contribution >= 4 is 23.4 Å². The number of aryl methyl sites for hydroxylation is 2. The van der Waals surface area contributed by atoms with Crippen molar-refractivity contribution in [3.8, 4) is 0 Å². The zero-order chi connectivity index (χ0) is 16.9. The monoisotopic (exact) mass is 344 g/mol. The molecule has 1 aromatic carbocycles. The lowest BCUT2D eigenvalue weighted by Crippen LogP contribution is -2.48. The van der Waals surface area contributed by atoms with Gasteiger partial charge in [0.05, 0.1) is 13.2 Å². The van der Waals surface area contributed by atoms with Crippen molar-refractivity contribution in [2.45, 2.75) is 29.9 Å². The molecule has 2 N–H and O–H groups in total. The Morgan fingerprint density at radius 1 is 1.25 bits per heavy atom.